The molecule has 18 heavy (non-hydrogen) atoms. The van der Waals surface area contributed by atoms with Gasteiger partial charge in [-0.3, -0.25) is 9.13 Å². The SMILES string of the molecule is CC(Cn1c(N)ccnc1=O)OC(O)P(=O)(O)O. The van der Waals surface area contributed by atoms with Crippen LogP contribution in [0.1, 0.15) is 6.92 Å². The van der Waals surface area contributed by atoms with Crippen LogP contribution in [0.3, 0.4) is 0 Å². The lowest BCUT2D eigenvalue weighted by molar-refractivity contribution is -0.0938. The van der Waals surface area contributed by atoms with E-state index in [9.17, 15) is 9.36 Å². The molecule has 0 bridgehead atoms. The second-order valence-corrected chi connectivity index (χ2v) is 5.24. The van der Waals surface area contributed by atoms with Gasteiger partial charge in [-0.2, -0.15) is 0 Å². The van der Waals surface area contributed by atoms with Crippen LogP contribution in [-0.2, 0) is 15.8 Å². The second kappa shape index (κ2) is 5.59. The fourth-order valence-electron chi connectivity index (χ4n) is 1.22. The molecule has 1 rings (SSSR count). The summed E-state index contributed by atoms with van der Waals surface area (Å²) in [6.45, 7) is 1.34. The Kier molecular flexibility index (Phi) is 4.60. The van der Waals surface area contributed by atoms with Crippen molar-refractivity contribution in [2.24, 2.45) is 0 Å². The molecule has 10 heteroatoms. The molecule has 102 valence electrons. The number of hydrogen-bond donors (Lipinski definition) is 4. The average molecular weight is 279 g/mol. The summed E-state index contributed by atoms with van der Waals surface area (Å²) >= 11 is 0. The van der Waals surface area contributed by atoms with Crippen LogP contribution in [0.25, 0.3) is 0 Å². The molecule has 0 spiro atoms. The third-order valence-corrected chi connectivity index (χ3v) is 2.75. The molecule has 9 nitrogen and oxygen atoms in total. The summed E-state index contributed by atoms with van der Waals surface area (Å²) in [5, 5.41) is 9.05. The van der Waals surface area contributed by atoms with E-state index >= 15 is 0 Å². The van der Waals surface area contributed by atoms with Gasteiger partial charge >= 0.3 is 13.3 Å². The summed E-state index contributed by atoms with van der Waals surface area (Å²) in [4.78, 5) is 32.1. The number of hydrogen-bond acceptors (Lipinski definition) is 6. The fraction of sp³-hybridized carbons (Fsp3) is 0.500. The zero-order valence-corrected chi connectivity index (χ0v) is 10.4. The Morgan fingerprint density at radius 3 is 2.72 bits per heavy atom. The highest BCUT2D eigenvalue weighted by Gasteiger charge is 2.29. The van der Waals surface area contributed by atoms with E-state index in [2.05, 4.69) is 9.72 Å². The van der Waals surface area contributed by atoms with E-state index in [1.54, 1.807) is 0 Å². The molecule has 0 saturated heterocycles. The average Bonchev–Trinajstić information content (AvgIpc) is 2.22. The maximum Gasteiger partial charge on any atom is 0.381 e. The molecule has 5 N–H and O–H groups in total. The molecule has 0 amide bonds. The first-order chi connectivity index (χ1) is 8.21. The first-order valence-electron chi connectivity index (χ1n) is 4.92. The molecule has 0 aliphatic carbocycles. The van der Waals surface area contributed by atoms with Gasteiger partial charge in [0.05, 0.1) is 12.6 Å². The number of aliphatic hydroxyl groups is 1. The van der Waals surface area contributed by atoms with Gasteiger partial charge in [0, 0.05) is 6.20 Å². The monoisotopic (exact) mass is 279 g/mol. The summed E-state index contributed by atoms with van der Waals surface area (Å²) in [5.41, 5.74) is 4.92. The summed E-state index contributed by atoms with van der Waals surface area (Å²) in [7, 11) is -4.74. The highest BCUT2D eigenvalue weighted by atomic mass is 31.2. The Balaban J connectivity index is 2.74. The van der Waals surface area contributed by atoms with Crippen LogP contribution in [0.15, 0.2) is 17.1 Å². The first kappa shape index (κ1) is 14.8. The lowest BCUT2D eigenvalue weighted by atomic mass is 10.4. The van der Waals surface area contributed by atoms with Crippen molar-refractivity contribution in [2.75, 3.05) is 5.73 Å². The molecule has 1 aromatic rings. The first-order valence-corrected chi connectivity index (χ1v) is 6.60. The zero-order chi connectivity index (χ0) is 13.9. The lowest BCUT2D eigenvalue weighted by Gasteiger charge is -2.19. The predicted molar refractivity (Wildman–Crippen MR) is 61.5 cm³/mol. The van der Waals surface area contributed by atoms with E-state index in [0.29, 0.717) is 0 Å². The van der Waals surface area contributed by atoms with Crippen molar-refractivity contribution in [1.82, 2.24) is 9.55 Å². The summed E-state index contributed by atoms with van der Waals surface area (Å²) in [6, 6.07) is -0.839. The van der Waals surface area contributed by atoms with Gasteiger partial charge in [-0.1, -0.05) is 0 Å². The standard InChI is InChI=1S/C8H14N3O6P/c1-5(17-8(13)18(14,15)16)4-11-6(9)2-3-10-7(11)12/h2-3,5,8,13H,4,9H2,1H3,(H2,14,15,16). The van der Waals surface area contributed by atoms with Crippen molar-refractivity contribution in [3.8, 4) is 0 Å². The van der Waals surface area contributed by atoms with Crippen molar-refractivity contribution >= 4 is 13.4 Å². The smallest absolute Gasteiger partial charge is 0.381 e. The van der Waals surface area contributed by atoms with Crippen LogP contribution in [0.2, 0.25) is 0 Å². The quantitative estimate of drug-likeness (QED) is 0.383. The third kappa shape index (κ3) is 3.90. The molecule has 1 aromatic heterocycles. The molecule has 0 radical (unpaired) electrons. The minimum Gasteiger partial charge on any atom is -0.385 e. The number of rotatable bonds is 5. The van der Waals surface area contributed by atoms with Crippen molar-refractivity contribution in [2.45, 2.75) is 25.6 Å². The van der Waals surface area contributed by atoms with Crippen LogP contribution in [0.5, 0.6) is 0 Å². The Labute approximate surface area is 102 Å². The van der Waals surface area contributed by atoms with E-state index in [4.69, 9.17) is 20.6 Å². The van der Waals surface area contributed by atoms with Crippen LogP contribution in [0.4, 0.5) is 5.82 Å². The predicted octanol–water partition coefficient (Wildman–Crippen LogP) is -1.32. The number of ether oxygens (including phenoxy) is 1. The number of aliphatic hydroxyl groups excluding tert-OH is 1. The zero-order valence-electron chi connectivity index (χ0n) is 9.50. The maximum absolute atomic E-state index is 11.4. The van der Waals surface area contributed by atoms with Gasteiger partial charge in [-0.05, 0) is 13.0 Å². The van der Waals surface area contributed by atoms with Gasteiger partial charge in [0.25, 0.3) is 6.03 Å². The maximum atomic E-state index is 11.4. The van der Waals surface area contributed by atoms with E-state index in [-0.39, 0.29) is 12.4 Å². The number of nitrogens with two attached hydrogens (primary N) is 1. The molecule has 0 saturated carbocycles. The van der Waals surface area contributed by atoms with Gasteiger partial charge < -0.3 is 25.4 Å². The largest absolute Gasteiger partial charge is 0.385 e. The molecular weight excluding hydrogens is 265 g/mol. The van der Waals surface area contributed by atoms with Crippen molar-refractivity contribution < 1.29 is 24.2 Å². The van der Waals surface area contributed by atoms with Crippen LogP contribution >= 0.6 is 7.60 Å². The molecule has 2 unspecified atom stereocenters. The fourth-order valence-corrected chi connectivity index (χ4v) is 1.58. The number of anilines is 1. The van der Waals surface area contributed by atoms with Crippen LogP contribution in [-0.4, -0.2) is 36.6 Å². The normalized spacial score (nSPS) is 15.3. The minimum absolute atomic E-state index is 0.0877. The van der Waals surface area contributed by atoms with Gasteiger partial charge in [0.1, 0.15) is 5.82 Å². The van der Waals surface area contributed by atoms with Crippen LogP contribution in [0, 0.1) is 0 Å². The third-order valence-electron chi connectivity index (χ3n) is 2.05. The van der Waals surface area contributed by atoms with Crippen molar-refractivity contribution in [3.05, 3.63) is 22.7 Å². The molecule has 0 fully saturated rings. The Morgan fingerprint density at radius 2 is 2.22 bits per heavy atom. The number of nitrogen functional groups attached to an aromatic ring is 1. The second-order valence-electron chi connectivity index (χ2n) is 3.62. The van der Waals surface area contributed by atoms with Gasteiger partial charge in [-0.15, -0.1) is 0 Å². The Bertz CT molecular complexity index is 512. The molecule has 2 atom stereocenters. The molecule has 0 aliphatic heterocycles. The molecule has 0 aliphatic rings. The van der Waals surface area contributed by atoms with Gasteiger partial charge in [-0.25, -0.2) is 9.78 Å². The van der Waals surface area contributed by atoms with Crippen molar-refractivity contribution in [1.29, 1.82) is 0 Å². The topological polar surface area (TPSA) is 148 Å². The van der Waals surface area contributed by atoms with E-state index < -0.39 is 25.4 Å². The lowest BCUT2D eigenvalue weighted by Crippen LogP contribution is -2.31. The number of aromatic nitrogens is 2. The number of nitrogens with zero attached hydrogens (tertiary/aromatic N) is 2. The summed E-state index contributed by atoms with van der Waals surface area (Å²) < 4.78 is 16.4. The summed E-state index contributed by atoms with van der Waals surface area (Å²) in [5.74, 6) is 0.135. The highest BCUT2D eigenvalue weighted by Crippen LogP contribution is 2.40. The minimum atomic E-state index is -4.74. The Hall–Kier alpha value is -1.25. The molecule has 1 heterocycles. The molecule has 0 aromatic carbocycles. The van der Waals surface area contributed by atoms with Crippen molar-refractivity contribution in [3.63, 3.8) is 0 Å². The van der Waals surface area contributed by atoms with Gasteiger partial charge in [0.15, 0.2) is 0 Å². The van der Waals surface area contributed by atoms with Gasteiger partial charge in [0.2, 0.25) is 0 Å². The summed E-state index contributed by atoms with van der Waals surface area (Å²) in [6.07, 6.45) is 0.404. The Morgan fingerprint density at radius 1 is 1.61 bits per heavy atom. The molecular formula is C8H14N3O6P. The van der Waals surface area contributed by atoms with E-state index in [0.717, 1.165) is 4.57 Å². The van der Waals surface area contributed by atoms with E-state index in [1.807, 2.05) is 0 Å². The van der Waals surface area contributed by atoms with Crippen LogP contribution < -0.4 is 11.4 Å². The van der Waals surface area contributed by atoms with E-state index in [1.165, 1.54) is 19.2 Å². The highest BCUT2D eigenvalue weighted by molar-refractivity contribution is 7.52.